The summed E-state index contributed by atoms with van der Waals surface area (Å²) < 4.78 is 40.4. The van der Waals surface area contributed by atoms with Crippen LogP contribution in [0, 0.1) is 11.7 Å². The van der Waals surface area contributed by atoms with Crippen LogP contribution < -0.4 is 9.62 Å². The summed E-state index contributed by atoms with van der Waals surface area (Å²) in [5.74, 6) is -0.287. The van der Waals surface area contributed by atoms with Gasteiger partial charge in [-0.15, -0.1) is 0 Å². The first-order valence-electron chi connectivity index (χ1n) is 10.3. The highest BCUT2D eigenvalue weighted by molar-refractivity contribution is 7.90. The van der Waals surface area contributed by atoms with Gasteiger partial charge < -0.3 is 9.80 Å². The average Bonchev–Trinajstić information content (AvgIpc) is 3.02. The monoisotopic (exact) mass is 444 g/mol. The predicted molar refractivity (Wildman–Crippen MR) is 117 cm³/mol. The van der Waals surface area contributed by atoms with Gasteiger partial charge in [0.15, 0.2) is 0 Å². The van der Waals surface area contributed by atoms with Crippen molar-refractivity contribution in [3.05, 3.63) is 59.9 Å². The lowest BCUT2D eigenvalue weighted by Crippen LogP contribution is -2.52. The molecule has 4 rings (SSSR count). The van der Waals surface area contributed by atoms with Gasteiger partial charge in [0.2, 0.25) is 5.91 Å². The number of hydrogen-bond donors (Lipinski definition) is 1. The minimum Gasteiger partial charge on any atom is -0.368 e. The fourth-order valence-electron chi connectivity index (χ4n) is 3.88. The summed E-state index contributed by atoms with van der Waals surface area (Å²) in [6, 6.07) is 12.3. The first-order valence-corrected chi connectivity index (χ1v) is 11.7. The fraction of sp³-hybridized carbons (Fsp3) is 0.364. The first-order chi connectivity index (χ1) is 14.8. The number of anilines is 1. The quantitative estimate of drug-likeness (QED) is 0.784. The van der Waals surface area contributed by atoms with E-state index in [1.165, 1.54) is 18.2 Å². The van der Waals surface area contributed by atoms with Gasteiger partial charge in [0.25, 0.3) is 10.0 Å². The van der Waals surface area contributed by atoms with Gasteiger partial charge in [0, 0.05) is 37.4 Å². The van der Waals surface area contributed by atoms with E-state index >= 15 is 0 Å². The maximum absolute atomic E-state index is 13.3. The summed E-state index contributed by atoms with van der Waals surface area (Å²) in [7, 11) is -3.66. The molecular formula is C22H25FN4O3S. The summed E-state index contributed by atoms with van der Waals surface area (Å²) in [5.41, 5.74) is 1.41. The van der Waals surface area contributed by atoms with Crippen LogP contribution in [-0.2, 0) is 14.8 Å². The van der Waals surface area contributed by atoms with Gasteiger partial charge >= 0.3 is 0 Å². The van der Waals surface area contributed by atoms with Gasteiger partial charge in [0.05, 0.1) is 4.90 Å². The van der Waals surface area contributed by atoms with Crippen LogP contribution in [0.15, 0.2) is 58.4 Å². The Bertz CT molecular complexity index is 1110. The molecule has 2 aromatic rings. The summed E-state index contributed by atoms with van der Waals surface area (Å²) >= 11 is 0. The van der Waals surface area contributed by atoms with E-state index in [1.54, 1.807) is 35.2 Å². The minimum absolute atomic E-state index is 0.104. The summed E-state index contributed by atoms with van der Waals surface area (Å²) in [6.07, 6.45) is 0. The summed E-state index contributed by atoms with van der Waals surface area (Å²) in [4.78, 5) is 21.9. The smallest absolute Gasteiger partial charge is 0.263 e. The molecule has 1 N–H and O–H groups in total. The highest BCUT2D eigenvalue weighted by Gasteiger charge is 2.34. The summed E-state index contributed by atoms with van der Waals surface area (Å²) in [5, 5.41) is 0. The second kappa shape index (κ2) is 8.30. The molecule has 7 nitrogen and oxygen atoms in total. The first kappa shape index (κ1) is 21.3. The molecular weight excluding hydrogens is 419 g/mol. The lowest BCUT2D eigenvalue weighted by atomic mass is 10.0. The molecule has 1 fully saturated rings. The molecule has 1 saturated heterocycles. The Morgan fingerprint density at radius 2 is 1.68 bits per heavy atom. The van der Waals surface area contributed by atoms with Crippen LogP contribution in [0.3, 0.4) is 0 Å². The number of rotatable bonds is 4. The van der Waals surface area contributed by atoms with E-state index in [4.69, 9.17) is 0 Å². The zero-order valence-corrected chi connectivity index (χ0v) is 18.3. The second-order valence-electron chi connectivity index (χ2n) is 8.06. The number of hydrogen-bond acceptors (Lipinski definition) is 5. The van der Waals surface area contributed by atoms with Crippen LogP contribution in [0.5, 0.6) is 0 Å². The molecule has 0 aliphatic carbocycles. The normalized spacial score (nSPS) is 19.9. The van der Waals surface area contributed by atoms with Crippen LogP contribution in [-0.4, -0.2) is 57.3 Å². The molecule has 2 aliphatic rings. The SMILES string of the molecule is CC(C)C(N=C1NS(=O)(=O)c2ccccc21)C(=O)N1CCN(c2ccc(F)cc2)CC1. The standard InChI is InChI=1S/C22H25FN4O3S/c1-15(2)20(24-21-18-5-3-4-6-19(18)31(29,30)25-21)22(28)27-13-11-26(12-14-27)17-9-7-16(23)8-10-17/h3-10,15,20H,11-14H2,1-2H3,(H,24,25). The van der Waals surface area contributed by atoms with Crippen molar-refractivity contribution in [3.63, 3.8) is 0 Å². The van der Waals surface area contributed by atoms with Crippen LogP contribution in [0.1, 0.15) is 19.4 Å². The number of amidine groups is 1. The Morgan fingerprint density at radius 1 is 1.03 bits per heavy atom. The van der Waals surface area contributed by atoms with Crippen molar-refractivity contribution in [2.75, 3.05) is 31.1 Å². The molecule has 0 saturated carbocycles. The van der Waals surface area contributed by atoms with Crippen molar-refractivity contribution in [1.82, 2.24) is 9.62 Å². The number of carbonyl (C=O) groups excluding carboxylic acids is 1. The molecule has 1 amide bonds. The lowest BCUT2D eigenvalue weighted by Gasteiger charge is -2.37. The zero-order valence-electron chi connectivity index (χ0n) is 17.5. The van der Waals surface area contributed by atoms with Gasteiger partial charge in [-0.25, -0.2) is 12.8 Å². The second-order valence-corrected chi connectivity index (χ2v) is 9.71. The number of aliphatic imine (C=N–C) groups is 1. The molecule has 164 valence electrons. The zero-order chi connectivity index (χ0) is 22.2. The Hall–Kier alpha value is -2.94. The minimum atomic E-state index is -3.66. The van der Waals surface area contributed by atoms with Gasteiger partial charge in [-0.2, -0.15) is 0 Å². The molecule has 2 aliphatic heterocycles. The molecule has 31 heavy (non-hydrogen) atoms. The van der Waals surface area contributed by atoms with Crippen LogP contribution in [0.4, 0.5) is 10.1 Å². The van der Waals surface area contributed by atoms with E-state index in [2.05, 4.69) is 14.6 Å². The molecule has 9 heteroatoms. The maximum atomic E-state index is 13.3. The van der Waals surface area contributed by atoms with E-state index < -0.39 is 16.1 Å². The third-order valence-corrected chi connectivity index (χ3v) is 7.00. The third-order valence-electron chi connectivity index (χ3n) is 5.60. The highest BCUT2D eigenvalue weighted by atomic mass is 32.2. The molecule has 0 radical (unpaired) electrons. The van der Waals surface area contributed by atoms with Gasteiger partial charge in [0.1, 0.15) is 17.7 Å². The Morgan fingerprint density at radius 3 is 2.32 bits per heavy atom. The van der Waals surface area contributed by atoms with Crippen LogP contribution >= 0.6 is 0 Å². The van der Waals surface area contributed by atoms with Crippen molar-refractivity contribution >= 4 is 27.5 Å². The highest BCUT2D eigenvalue weighted by Crippen LogP contribution is 2.24. The van der Waals surface area contributed by atoms with Crippen molar-refractivity contribution in [2.45, 2.75) is 24.8 Å². The number of benzene rings is 2. The largest absolute Gasteiger partial charge is 0.368 e. The molecule has 1 unspecified atom stereocenters. The van der Waals surface area contributed by atoms with E-state index in [9.17, 15) is 17.6 Å². The van der Waals surface area contributed by atoms with Crippen LogP contribution in [0.2, 0.25) is 0 Å². The number of sulfonamides is 1. The van der Waals surface area contributed by atoms with Gasteiger partial charge in [-0.05, 0) is 42.3 Å². The predicted octanol–water partition coefficient (Wildman–Crippen LogP) is 2.24. The Balaban J connectivity index is 1.50. The number of carbonyl (C=O) groups is 1. The number of nitrogens with zero attached hydrogens (tertiary/aromatic N) is 3. The number of piperazine rings is 1. The van der Waals surface area contributed by atoms with Crippen molar-refractivity contribution < 1.29 is 17.6 Å². The number of nitrogens with one attached hydrogen (secondary N) is 1. The Labute approximate surface area is 181 Å². The molecule has 1 atom stereocenters. The van der Waals surface area contributed by atoms with Crippen LogP contribution in [0.25, 0.3) is 0 Å². The summed E-state index contributed by atoms with van der Waals surface area (Å²) in [6.45, 7) is 6.11. The maximum Gasteiger partial charge on any atom is 0.263 e. The van der Waals surface area contributed by atoms with Crippen molar-refractivity contribution in [3.8, 4) is 0 Å². The van der Waals surface area contributed by atoms with E-state index in [-0.39, 0.29) is 28.4 Å². The van der Waals surface area contributed by atoms with Crippen molar-refractivity contribution in [1.29, 1.82) is 0 Å². The topological polar surface area (TPSA) is 82.1 Å². The van der Waals surface area contributed by atoms with Gasteiger partial charge in [-0.1, -0.05) is 26.0 Å². The van der Waals surface area contributed by atoms with E-state index in [0.29, 0.717) is 31.7 Å². The molecule has 0 bridgehead atoms. The number of amides is 1. The number of halogens is 1. The van der Waals surface area contributed by atoms with E-state index in [1.807, 2.05) is 13.8 Å². The molecule has 2 aromatic carbocycles. The fourth-order valence-corrected chi connectivity index (χ4v) is 5.12. The van der Waals surface area contributed by atoms with Gasteiger partial charge in [-0.3, -0.25) is 14.5 Å². The number of fused-ring (bicyclic) bond motifs is 1. The molecule has 0 spiro atoms. The lowest BCUT2D eigenvalue weighted by molar-refractivity contribution is -0.133. The molecule has 0 aromatic heterocycles. The average molecular weight is 445 g/mol. The third kappa shape index (κ3) is 4.27. The van der Waals surface area contributed by atoms with Crippen molar-refractivity contribution in [2.24, 2.45) is 10.9 Å². The Kier molecular flexibility index (Phi) is 5.70. The van der Waals surface area contributed by atoms with E-state index in [0.717, 1.165) is 5.69 Å². The molecule has 2 heterocycles.